The summed E-state index contributed by atoms with van der Waals surface area (Å²) in [6.45, 7) is 0. The van der Waals surface area contributed by atoms with Crippen LogP contribution in [0.3, 0.4) is 0 Å². The van der Waals surface area contributed by atoms with Gasteiger partial charge in [-0.05, 0) is 28.1 Å². The topological polar surface area (TPSA) is 45.8 Å². The first-order chi connectivity index (χ1) is 6.16. The zero-order valence-corrected chi connectivity index (χ0v) is 8.69. The fourth-order valence-corrected chi connectivity index (χ4v) is 1.53. The third kappa shape index (κ3) is 1.59. The third-order valence-electron chi connectivity index (χ3n) is 1.62. The molecule has 0 atom stereocenters. The highest BCUT2D eigenvalue weighted by Crippen LogP contribution is 2.25. The van der Waals surface area contributed by atoms with E-state index in [0.717, 1.165) is 4.47 Å². The summed E-state index contributed by atoms with van der Waals surface area (Å²) in [5, 5.41) is 0.552. The van der Waals surface area contributed by atoms with Gasteiger partial charge >= 0.3 is 0 Å². The Labute approximate surface area is 86.9 Å². The second kappa shape index (κ2) is 3.12. The first kappa shape index (κ1) is 8.72. The van der Waals surface area contributed by atoms with E-state index in [1.165, 1.54) is 6.20 Å². The summed E-state index contributed by atoms with van der Waals surface area (Å²) in [5.41, 5.74) is 1.11. The van der Waals surface area contributed by atoms with Crippen molar-refractivity contribution in [2.75, 3.05) is 0 Å². The van der Waals surface area contributed by atoms with Gasteiger partial charge in [0.15, 0.2) is 0 Å². The quantitative estimate of drug-likeness (QED) is 0.789. The molecular weight excluding hydrogens is 255 g/mol. The van der Waals surface area contributed by atoms with Crippen molar-refractivity contribution in [2.45, 2.75) is 0 Å². The highest BCUT2D eigenvalue weighted by molar-refractivity contribution is 9.10. The molecule has 1 aromatic carbocycles. The number of fused-ring (bicyclic) bond motifs is 1. The number of halogens is 2. The minimum atomic E-state index is -0.231. The van der Waals surface area contributed by atoms with Gasteiger partial charge in [-0.2, -0.15) is 0 Å². The van der Waals surface area contributed by atoms with Crippen molar-refractivity contribution in [2.24, 2.45) is 0 Å². The summed E-state index contributed by atoms with van der Waals surface area (Å²) in [7, 11) is 0. The summed E-state index contributed by atoms with van der Waals surface area (Å²) in [4.78, 5) is 17.5. The molecule has 0 amide bonds. The standard InChI is InChI=1S/C8H4BrClN2O/c9-4-1-6-7(2-5(4)10)12-8(13)3-11-6/h1-3H,(H,12,13). The van der Waals surface area contributed by atoms with E-state index in [2.05, 4.69) is 25.9 Å². The van der Waals surface area contributed by atoms with Crippen molar-refractivity contribution in [3.05, 3.63) is 38.2 Å². The van der Waals surface area contributed by atoms with Crippen LogP contribution in [0.25, 0.3) is 11.0 Å². The molecular formula is C8H4BrClN2O. The molecule has 5 heteroatoms. The van der Waals surface area contributed by atoms with Crippen LogP contribution in [0.2, 0.25) is 5.02 Å². The summed E-state index contributed by atoms with van der Waals surface area (Å²) in [6.07, 6.45) is 1.24. The van der Waals surface area contributed by atoms with Gasteiger partial charge in [-0.15, -0.1) is 0 Å². The van der Waals surface area contributed by atoms with E-state index in [9.17, 15) is 4.79 Å². The highest BCUT2D eigenvalue weighted by atomic mass is 79.9. The van der Waals surface area contributed by atoms with Crippen LogP contribution in [0.5, 0.6) is 0 Å². The largest absolute Gasteiger partial charge is 0.319 e. The van der Waals surface area contributed by atoms with E-state index in [1.807, 2.05) is 0 Å². The Kier molecular flexibility index (Phi) is 2.09. The number of aromatic amines is 1. The summed E-state index contributed by atoms with van der Waals surface area (Å²) in [6, 6.07) is 3.42. The lowest BCUT2D eigenvalue weighted by molar-refractivity contribution is 1.22. The molecule has 2 aromatic rings. The summed E-state index contributed by atoms with van der Waals surface area (Å²) >= 11 is 9.11. The molecule has 0 aliphatic carbocycles. The number of nitrogens with zero attached hydrogens (tertiary/aromatic N) is 1. The molecule has 0 saturated heterocycles. The maximum atomic E-state index is 10.9. The van der Waals surface area contributed by atoms with E-state index in [1.54, 1.807) is 12.1 Å². The summed E-state index contributed by atoms with van der Waals surface area (Å²) in [5.74, 6) is 0. The predicted molar refractivity (Wildman–Crippen MR) is 55.1 cm³/mol. The molecule has 13 heavy (non-hydrogen) atoms. The minimum absolute atomic E-state index is 0.231. The Balaban J connectivity index is 2.89. The van der Waals surface area contributed by atoms with Crippen LogP contribution in [-0.4, -0.2) is 9.97 Å². The first-order valence-electron chi connectivity index (χ1n) is 3.51. The maximum Gasteiger partial charge on any atom is 0.266 e. The van der Waals surface area contributed by atoms with E-state index < -0.39 is 0 Å². The average molecular weight is 259 g/mol. The monoisotopic (exact) mass is 258 g/mol. The van der Waals surface area contributed by atoms with Crippen molar-refractivity contribution in [1.29, 1.82) is 0 Å². The van der Waals surface area contributed by atoms with Gasteiger partial charge in [0.05, 0.1) is 22.3 Å². The molecule has 3 nitrogen and oxygen atoms in total. The van der Waals surface area contributed by atoms with Crippen LogP contribution in [-0.2, 0) is 0 Å². The van der Waals surface area contributed by atoms with Crippen LogP contribution in [0.1, 0.15) is 0 Å². The smallest absolute Gasteiger partial charge is 0.266 e. The fraction of sp³-hybridized carbons (Fsp3) is 0. The molecule has 1 N–H and O–H groups in total. The second-order valence-electron chi connectivity index (χ2n) is 2.53. The number of aromatic nitrogens is 2. The van der Waals surface area contributed by atoms with Crippen LogP contribution in [0, 0.1) is 0 Å². The Bertz CT molecular complexity index is 523. The number of hydrogen-bond donors (Lipinski definition) is 1. The molecule has 0 radical (unpaired) electrons. The number of benzene rings is 1. The molecule has 0 fully saturated rings. The Morgan fingerprint density at radius 2 is 2.23 bits per heavy atom. The molecule has 0 bridgehead atoms. The zero-order valence-electron chi connectivity index (χ0n) is 6.34. The van der Waals surface area contributed by atoms with Gasteiger partial charge in [0, 0.05) is 4.47 Å². The number of rotatable bonds is 0. The van der Waals surface area contributed by atoms with Crippen molar-refractivity contribution >= 4 is 38.6 Å². The molecule has 0 spiro atoms. The van der Waals surface area contributed by atoms with Gasteiger partial charge < -0.3 is 4.98 Å². The van der Waals surface area contributed by atoms with Gasteiger partial charge in [-0.1, -0.05) is 11.6 Å². The number of nitrogens with one attached hydrogen (secondary N) is 1. The predicted octanol–water partition coefficient (Wildman–Crippen LogP) is 2.34. The van der Waals surface area contributed by atoms with Crippen LogP contribution >= 0.6 is 27.5 Å². The summed E-state index contributed by atoms with van der Waals surface area (Å²) < 4.78 is 0.765. The van der Waals surface area contributed by atoms with Gasteiger partial charge in [0.25, 0.3) is 5.56 Å². The fourth-order valence-electron chi connectivity index (χ4n) is 1.04. The SMILES string of the molecule is O=c1cnc2cc(Br)c(Cl)cc2[nH]1. The normalized spacial score (nSPS) is 10.6. The molecule has 0 unspecified atom stereocenters. The lowest BCUT2D eigenvalue weighted by Crippen LogP contribution is -2.04. The average Bonchev–Trinajstić information content (AvgIpc) is 2.08. The molecule has 1 heterocycles. The van der Waals surface area contributed by atoms with E-state index >= 15 is 0 Å². The Morgan fingerprint density at radius 3 is 3.00 bits per heavy atom. The van der Waals surface area contributed by atoms with E-state index in [-0.39, 0.29) is 5.56 Å². The Hall–Kier alpha value is -0.870. The van der Waals surface area contributed by atoms with Crippen molar-refractivity contribution in [1.82, 2.24) is 9.97 Å². The molecule has 1 aromatic heterocycles. The van der Waals surface area contributed by atoms with Crippen LogP contribution < -0.4 is 5.56 Å². The van der Waals surface area contributed by atoms with E-state index in [0.29, 0.717) is 16.1 Å². The zero-order chi connectivity index (χ0) is 9.42. The van der Waals surface area contributed by atoms with Gasteiger partial charge in [0.1, 0.15) is 0 Å². The van der Waals surface area contributed by atoms with Crippen molar-refractivity contribution in [3.63, 3.8) is 0 Å². The molecule has 2 rings (SSSR count). The van der Waals surface area contributed by atoms with Crippen molar-refractivity contribution in [3.8, 4) is 0 Å². The first-order valence-corrected chi connectivity index (χ1v) is 4.68. The minimum Gasteiger partial charge on any atom is -0.319 e. The molecule has 0 aliphatic rings. The number of hydrogen-bond acceptors (Lipinski definition) is 2. The maximum absolute atomic E-state index is 10.9. The van der Waals surface area contributed by atoms with Crippen LogP contribution in [0.15, 0.2) is 27.6 Å². The molecule has 0 aliphatic heterocycles. The highest BCUT2D eigenvalue weighted by Gasteiger charge is 2.01. The van der Waals surface area contributed by atoms with Gasteiger partial charge in [-0.25, -0.2) is 4.98 Å². The lowest BCUT2D eigenvalue weighted by atomic mass is 10.3. The van der Waals surface area contributed by atoms with Gasteiger partial charge in [0.2, 0.25) is 0 Å². The van der Waals surface area contributed by atoms with Gasteiger partial charge in [-0.3, -0.25) is 4.79 Å². The molecule has 66 valence electrons. The Morgan fingerprint density at radius 1 is 1.46 bits per heavy atom. The van der Waals surface area contributed by atoms with Crippen molar-refractivity contribution < 1.29 is 0 Å². The second-order valence-corrected chi connectivity index (χ2v) is 3.79. The van der Waals surface area contributed by atoms with Crippen LogP contribution in [0.4, 0.5) is 0 Å². The van der Waals surface area contributed by atoms with E-state index in [4.69, 9.17) is 11.6 Å². The lowest BCUT2D eigenvalue weighted by Gasteiger charge is -1.98. The number of H-pyrrole nitrogens is 1. The molecule has 0 saturated carbocycles. The third-order valence-corrected chi connectivity index (χ3v) is 2.81.